The molecule has 0 aliphatic heterocycles. The van der Waals surface area contributed by atoms with Crippen LogP contribution in [-0.4, -0.2) is 17.4 Å². The Balaban J connectivity index is 2.47. The van der Waals surface area contributed by atoms with Crippen molar-refractivity contribution in [2.75, 3.05) is 6.54 Å². The number of carbonyl (C=O) groups is 1. The topological polar surface area (TPSA) is 68.0 Å². The molecule has 0 fully saturated rings. The molecule has 1 aromatic rings. The predicted octanol–water partition coefficient (Wildman–Crippen LogP) is 1.31. The molecule has 4 nitrogen and oxygen atoms in total. The third-order valence-electron chi connectivity index (χ3n) is 2.34. The summed E-state index contributed by atoms with van der Waals surface area (Å²) in [5.41, 5.74) is 4.76. The minimum absolute atomic E-state index is 0.156. The van der Waals surface area contributed by atoms with E-state index in [-0.39, 0.29) is 11.9 Å². The van der Waals surface area contributed by atoms with E-state index < -0.39 is 5.41 Å². The molecule has 1 amide bonds. The molecule has 5 heteroatoms. The lowest BCUT2D eigenvalue weighted by Gasteiger charge is -2.23. The van der Waals surface area contributed by atoms with Crippen molar-refractivity contribution in [3.05, 3.63) is 16.6 Å². The fourth-order valence-corrected chi connectivity index (χ4v) is 1.70. The summed E-state index contributed by atoms with van der Waals surface area (Å²) in [5.74, 6) is -0.290. The molecule has 0 aromatic carbocycles. The lowest BCUT2D eigenvalue weighted by Crippen LogP contribution is -2.41. The van der Waals surface area contributed by atoms with Gasteiger partial charge in [-0.2, -0.15) is 0 Å². The summed E-state index contributed by atoms with van der Waals surface area (Å²) in [6.45, 7) is 6.24. The van der Waals surface area contributed by atoms with Gasteiger partial charge in [-0.3, -0.25) is 4.79 Å². The molecule has 0 aliphatic rings. The summed E-state index contributed by atoms with van der Waals surface area (Å²) in [5, 5.41) is 6.21. The van der Waals surface area contributed by atoms with Crippen molar-refractivity contribution in [3.8, 4) is 0 Å². The van der Waals surface area contributed by atoms with Gasteiger partial charge in [0.1, 0.15) is 5.01 Å². The highest BCUT2D eigenvalue weighted by Gasteiger charge is 2.25. The number of thiazole rings is 1. The van der Waals surface area contributed by atoms with Gasteiger partial charge in [-0.05, 0) is 20.8 Å². The highest BCUT2D eigenvalue weighted by atomic mass is 32.1. The van der Waals surface area contributed by atoms with Crippen molar-refractivity contribution in [1.29, 1.82) is 0 Å². The van der Waals surface area contributed by atoms with Crippen LogP contribution in [0.2, 0.25) is 0 Å². The number of nitrogens with one attached hydrogen (secondary N) is 1. The van der Waals surface area contributed by atoms with E-state index >= 15 is 0 Å². The van der Waals surface area contributed by atoms with Crippen LogP contribution in [0.15, 0.2) is 11.6 Å². The predicted molar refractivity (Wildman–Crippen MR) is 61.5 cm³/mol. The van der Waals surface area contributed by atoms with Crippen molar-refractivity contribution in [1.82, 2.24) is 10.3 Å². The minimum Gasteiger partial charge on any atom is -0.369 e. The monoisotopic (exact) mass is 227 g/mol. The largest absolute Gasteiger partial charge is 0.369 e. The first-order valence-electron chi connectivity index (χ1n) is 4.86. The van der Waals surface area contributed by atoms with E-state index in [1.165, 1.54) is 0 Å². The molecule has 3 N–H and O–H groups in total. The van der Waals surface area contributed by atoms with Gasteiger partial charge in [-0.25, -0.2) is 4.98 Å². The Morgan fingerprint density at radius 2 is 2.40 bits per heavy atom. The molecule has 0 radical (unpaired) electrons. The number of carbonyl (C=O) groups excluding carboxylic acids is 1. The maximum absolute atomic E-state index is 11.1. The SMILES string of the molecule is CC(NCC(C)(C)C(N)=O)c1nccs1. The van der Waals surface area contributed by atoms with Gasteiger partial charge in [0.2, 0.25) is 5.91 Å². The molecule has 0 spiro atoms. The summed E-state index contributed by atoms with van der Waals surface area (Å²) in [6.07, 6.45) is 1.78. The lowest BCUT2D eigenvalue weighted by molar-refractivity contribution is -0.125. The van der Waals surface area contributed by atoms with Gasteiger partial charge in [0.25, 0.3) is 0 Å². The number of hydrogen-bond acceptors (Lipinski definition) is 4. The second kappa shape index (κ2) is 4.72. The second-order valence-corrected chi connectivity index (χ2v) is 5.15. The minimum atomic E-state index is -0.522. The molecule has 0 saturated heterocycles. The van der Waals surface area contributed by atoms with Crippen molar-refractivity contribution in [2.24, 2.45) is 11.1 Å². The number of aromatic nitrogens is 1. The summed E-state index contributed by atoms with van der Waals surface area (Å²) < 4.78 is 0. The molecule has 1 unspecified atom stereocenters. The normalized spacial score (nSPS) is 13.8. The van der Waals surface area contributed by atoms with Crippen LogP contribution in [0.5, 0.6) is 0 Å². The molecule has 84 valence electrons. The zero-order chi connectivity index (χ0) is 11.5. The quantitative estimate of drug-likeness (QED) is 0.797. The van der Waals surface area contributed by atoms with Crippen LogP contribution >= 0.6 is 11.3 Å². The van der Waals surface area contributed by atoms with Crippen LogP contribution < -0.4 is 11.1 Å². The van der Waals surface area contributed by atoms with E-state index in [2.05, 4.69) is 10.3 Å². The van der Waals surface area contributed by atoms with E-state index in [4.69, 9.17) is 5.73 Å². The fourth-order valence-electron chi connectivity index (χ4n) is 1.03. The van der Waals surface area contributed by atoms with Gasteiger partial charge in [0.05, 0.1) is 11.5 Å². The Bertz CT molecular complexity index is 321. The molecule has 1 rings (SSSR count). The maximum atomic E-state index is 11.1. The van der Waals surface area contributed by atoms with E-state index in [9.17, 15) is 4.79 Å². The first-order chi connectivity index (χ1) is 6.93. The van der Waals surface area contributed by atoms with Crippen LogP contribution in [0.25, 0.3) is 0 Å². The molecule has 0 aliphatic carbocycles. The van der Waals surface area contributed by atoms with Crippen molar-refractivity contribution in [2.45, 2.75) is 26.8 Å². The van der Waals surface area contributed by atoms with Crippen molar-refractivity contribution in [3.63, 3.8) is 0 Å². The highest BCUT2D eigenvalue weighted by molar-refractivity contribution is 7.09. The number of hydrogen-bond donors (Lipinski definition) is 2. The number of rotatable bonds is 5. The average molecular weight is 227 g/mol. The molecule has 0 saturated carbocycles. The molecular formula is C10H17N3OS. The van der Waals surface area contributed by atoms with Crippen LogP contribution in [0.4, 0.5) is 0 Å². The molecule has 1 heterocycles. The molecule has 0 bridgehead atoms. The van der Waals surface area contributed by atoms with Gasteiger partial charge in [-0.1, -0.05) is 0 Å². The Labute approximate surface area is 93.9 Å². The molecule has 1 aromatic heterocycles. The zero-order valence-electron chi connectivity index (χ0n) is 9.28. The van der Waals surface area contributed by atoms with Crippen molar-refractivity contribution < 1.29 is 4.79 Å². The standard InChI is InChI=1S/C10H17N3OS/c1-7(8-12-4-5-15-8)13-6-10(2,3)9(11)14/h4-5,7,13H,6H2,1-3H3,(H2,11,14). The summed E-state index contributed by atoms with van der Waals surface area (Å²) in [7, 11) is 0. The fraction of sp³-hybridized carbons (Fsp3) is 0.600. The van der Waals surface area contributed by atoms with Crippen LogP contribution in [0, 0.1) is 5.41 Å². The van der Waals surface area contributed by atoms with Crippen LogP contribution in [-0.2, 0) is 4.79 Å². The molecule has 1 atom stereocenters. The Kier molecular flexibility index (Phi) is 3.82. The lowest BCUT2D eigenvalue weighted by atomic mass is 9.92. The highest BCUT2D eigenvalue weighted by Crippen LogP contribution is 2.18. The summed E-state index contributed by atoms with van der Waals surface area (Å²) >= 11 is 1.60. The Morgan fingerprint density at radius 1 is 1.73 bits per heavy atom. The zero-order valence-corrected chi connectivity index (χ0v) is 10.1. The summed E-state index contributed by atoms with van der Waals surface area (Å²) in [6, 6.07) is 0.156. The second-order valence-electron chi connectivity index (χ2n) is 4.22. The van der Waals surface area contributed by atoms with Crippen molar-refractivity contribution >= 4 is 17.2 Å². The van der Waals surface area contributed by atoms with Gasteiger partial charge < -0.3 is 11.1 Å². The van der Waals surface area contributed by atoms with E-state index in [1.54, 1.807) is 17.5 Å². The number of primary amides is 1. The maximum Gasteiger partial charge on any atom is 0.224 e. The molecule has 15 heavy (non-hydrogen) atoms. The first-order valence-corrected chi connectivity index (χ1v) is 5.74. The van der Waals surface area contributed by atoms with Gasteiger partial charge in [0, 0.05) is 18.1 Å². The van der Waals surface area contributed by atoms with Gasteiger partial charge in [-0.15, -0.1) is 11.3 Å². The van der Waals surface area contributed by atoms with Crippen LogP contribution in [0.1, 0.15) is 31.8 Å². The number of amides is 1. The Morgan fingerprint density at radius 3 is 2.87 bits per heavy atom. The van der Waals surface area contributed by atoms with E-state index in [0.717, 1.165) is 5.01 Å². The van der Waals surface area contributed by atoms with E-state index in [0.29, 0.717) is 6.54 Å². The third kappa shape index (κ3) is 3.28. The average Bonchev–Trinajstić information content (AvgIpc) is 2.66. The molecular weight excluding hydrogens is 210 g/mol. The van der Waals surface area contributed by atoms with E-state index in [1.807, 2.05) is 26.2 Å². The van der Waals surface area contributed by atoms with Crippen LogP contribution in [0.3, 0.4) is 0 Å². The number of nitrogens with zero attached hydrogens (tertiary/aromatic N) is 1. The first kappa shape index (κ1) is 12.1. The van der Waals surface area contributed by atoms with Gasteiger partial charge >= 0.3 is 0 Å². The van der Waals surface area contributed by atoms with Gasteiger partial charge in [0.15, 0.2) is 0 Å². The Hall–Kier alpha value is -0.940. The summed E-state index contributed by atoms with van der Waals surface area (Å²) in [4.78, 5) is 15.3. The third-order valence-corrected chi connectivity index (χ3v) is 3.30. The number of nitrogens with two attached hydrogens (primary N) is 1. The smallest absolute Gasteiger partial charge is 0.224 e.